The molecule has 0 fully saturated rings. The van der Waals surface area contributed by atoms with Crippen LogP contribution in [0.25, 0.3) is 21.5 Å². The van der Waals surface area contributed by atoms with Gasteiger partial charge in [0.05, 0.1) is 8.80 Å². The molecule has 0 spiro atoms. The van der Waals surface area contributed by atoms with Crippen molar-refractivity contribution in [3.05, 3.63) is 178 Å². The van der Waals surface area contributed by atoms with Crippen LogP contribution in [0.4, 0.5) is 0 Å². The highest BCUT2D eigenvalue weighted by molar-refractivity contribution is 6.70. The van der Waals surface area contributed by atoms with Gasteiger partial charge >= 0.3 is 0 Å². The molecule has 1 radical (unpaired) electrons. The first kappa shape index (κ1) is 36.5. The van der Waals surface area contributed by atoms with Gasteiger partial charge in [0.1, 0.15) is 11.5 Å². The molecule has 0 aliphatic heterocycles. The zero-order valence-corrected chi connectivity index (χ0v) is 36.3. The van der Waals surface area contributed by atoms with Gasteiger partial charge in [0, 0.05) is 11.8 Å². The first-order chi connectivity index (χ1) is 25.7. The maximum absolute atomic E-state index is 6.31. The quantitative estimate of drug-likeness (QED) is 0.167. The van der Waals surface area contributed by atoms with Crippen LogP contribution in [0, 0.1) is 0 Å². The first-order valence-corrected chi connectivity index (χ1v) is 28.5. The van der Waals surface area contributed by atoms with E-state index < -0.39 is 25.4 Å². The molecule has 273 valence electrons. The molecular formula is C49H53O2Si3. The number of benzene rings is 4. The van der Waals surface area contributed by atoms with Gasteiger partial charge in [0.15, 0.2) is 0 Å². The summed E-state index contributed by atoms with van der Waals surface area (Å²) in [5.41, 5.74) is 12.6. The Morgan fingerprint density at radius 2 is 0.870 bits per heavy atom. The first-order valence-electron chi connectivity index (χ1n) is 19.6. The van der Waals surface area contributed by atoms with E-state index in [-0.39, 0.29) is 11.8 Å². The van der Waals surface area contributed by atoms with Crippen molar-refractivity contribution < 1.29 is 8.85 Å². The second kappa shape index (κ2) is 14.0. The Labute approximate surface area is 326 Å². The van der Waals surface area contributed by atoms with Gasteiger partial charge in [-0.15, -0.1) is 0 Å². The van der Waals surface area contributed by atoms with Gasteiger partial charge in [-0.3, -0.25) is 0 Å². The van der Waals surface area contributed by atoms with Gasteiger partial charge in [-0.25, -0.2) is 0 Å². The van der Waals surface area contributed by atoms with Crippen LogP contribution < -0.4 is 8.85 Å². The van der Waals surface area contributed by atoms with Crippen molar-refractivity contribution in [1.29, 1.82) is 0 Å². The molecule has 4 unspecified atom stereocenters. The lowest BCUT2D eigenvalue weighted by Gasteiger charge is -2.30. The van der Waals surface area contributed by atoms with E-state index in [1.54, 1.807) is 0 Å². The molecule has 0 N–H and O–H groups in total. The van der Waals surface area contributed by atoms with Crippen LogP contribution in [0.2, 0.25) is 56.9 Å². The van der Waals surface area contributed by atoms with E-state index >= 15 is 0 Å². The maximum Gasteiger partial charge on any atom is 0.242 e. The van der Waals surface area contributed by atoms with E-state index in [0.29, 0.717) is 11.1 Å². The highest BCUT2D eigenvalue weighted by atomic mass is 28.4. The van der Waals surface area contributed by atoms with E-state index in [1.165, 1.54) is 66.1 Å². The molecule has 4 aromatic rings. The fourth-order valence-electron chi connectivity index (χ4n) is 9.11. The van der Waals surface area contributed by atoms with Crippen LogP contribution in [-0.4, -0.2) is 25.4 Å². The number of hydrogen-bond donors (Lipinski definition) is 0. The summed E-state index contributed by atoms with van der Waals surface area (Å²) in [6.45, 7) is 20.8. The summed E-state index contributed by atoms with van der Waals surface area (Å²) in [6, 6.07) is 27.2. The molecule has 0 amide bonds. The summed E-state index contributed by atoms with van der Waals surface area (Å²) in [5, 5.41) is 4.99. The van der Waals surface area contributed by atoms with Crippen LogP contribution in [-0.2, 0) is 0 Å². The summed E-state index contributed by atoms with van der Waals surface area (Å²) in [6.07, 6.45) is 23.8. The summed E-state index contributed by atoms with van der Waals surface area (Å²) in [5.74, 6) is 2.40. The Morgan fingerprint density at radius 1 is 0.481 bits per heavy atom. The summed E-state index contributed by atoms with van der Waals surface area (Å²) in [4.78, 5) is 0. The Bertz CT molecular complexity index is 2250. The molecule has 4 aromatic carbocycles. The molecule has 2 nitrogen and oxygen atoms in total. The normalized spacial score (nSPS) is 22.5. The lowest BCUT2D eigenvalue weighted by molar-refractivity contribution is 0.558. The lowest BCUT2D eigenvalue weighted by atomic mass is 9.88. The molecule has 54 heavy (non-hydrogen) atoms. The fraction of sp³-hybridized carbons (Fsp3) is 0.265. The molecule has 5 heteroatoms. The second-order valence-electron chi connectivity index (χ2n) is 17.6. The van der Waals surface area contributed by atoms with Crippen LogP contribution in [0.1, 0.15) is 36.8 Å². The zero-order chi connectivity index (χ0) is 37.9. The second-order valence-corrected chi connectivity index (χ2v) is 29.1. The minimum atomic E-state index is -1.67. The van der Waals surface area contributed by atoms with Crippen LogP contribution >= 0.6 is 0 Å². The van der Waals surface area contributed by atoms with Crippen LogP contribution in [0.15, 0.2) is 167 Å². The smallest absolute Gasteiger partial charge is 0.242 e. The molecule has 0 aromatic heterocycles. The monoisotopic (exact) mass is 757 g/mol. The summed E-state index contributed by atoms with van der Waals surface area (Å²) >= 11 is 0. The molecule has 0 bridgehead atoms. The maximum atomic E-state index is 6.31. The van der Waals surface area contributed by atoms with Crippen molar-refractivity contribution in [2.45, 2.75) is 82.6 Å². The number of rotatable bonds is 8. The zero-order valence-electron chi connectivity index (χ0n) is 33.3. The largest absolute Gasteiger partial charge is 0.544 e. The fourth-order valence-corrected chi connectivity index (χ4v) is 14.2. The van der Waals surface area contributed by atoms with Gasteiger partial charge in [-0.1, -0.05) is 127 Å². The van der Waals surface area contributed by atoms with Crippen molar-refractivity contribution in [1.82, 2.24) is 0 Å². The average molecular weight is 758 g/mol. The van der Waals surface area contributed by atoms with Crippen LogP contribution in [0.3, 0.4) is 0 Å². The molecule has 4 aliphatic carbocycles. The molecule has 0 heterocycles. The predicted octanol–water partition coefficient (Wildman–Crippen LogP) is 13.9. The Morgan fingerprint density at radius 3 is 1.28 bits per heavy atom. The highest BCUT2D eigenvalue weighted by Crippen LogP contribution is 2.54. The van der Waals surface area contributed by atoms with Crippen molar-refractivity contribution in [2.75, 3.05) is 0 Å². The third-order valence-corrected chi connectivity index (χ3v) is 16.2. The number of hydrogen-bond acceptors (Lipinski definition) is 2. The van der Waals surface area contributed by atoms with Crippen molar-refractivity contribution in [2.24, 2.45) is 0 Å². The standard InChI is InChI=1S/C49H53O2Si3/c1-32-26-46-42(38-20-18-36-30-40(50-53(4,5)6)24-22-34(36)28-38)14-10-12-16-44(46)48(32)52(3)49-33(2)27-47-43(15-11-13-17-45(47)49)39-21-19-37-31-41(51-54(7,8)9)25-23-35(37)29-39/h10-31,42-43,48-49H,1-9H3. The average Bonchev–Trinajstić information content (AvgIpc) is 3.41. The molecule has 4 atom stereocenters. The third-order valence-electron chi connectivity index (χ3n) is 11.2. The van der Waals surface area contributed by atoms with E-state index in [4.69, 9.17) is 8.85 Å². The van der Waals surface area contributed by atoms with Gasteiger partial charge < -0.3 is 8.85 Å². The van der Waals surface area contributed by atoms with Crippen molar-refractivity contribution >= 4 is 47.0 Å². The van der Waals surface area contributed by atoms with Crippen molar-refractivity contribution in [3.8, 4) is 11.5 Å². The Hall–Kier alpha value is -4.43. The number of fused-ring (bicyclic) bond motifs is 2. The van der Waals surface area contributed by atoms with Gasteiger partial charge in [-0.2, -0.15) is 0 Å². The van der Waals surface area contributed by atoms with E-state index in [2.05, 4.69) is 193 Å². The Balaban J connectivity index is 1.10. The number of allylic oxidation sites excluding steroid dienone is 16. The van der Waals surface area contributed by atoms with Gasteiger partial charge in [0.2, 0.25) is 16.6 Å². The van der Waals surface area contributed by atoms with E-state index in [0.717, 1.165) is 11.5 Å². The van der Waals surface area contributed by atoms with Gasteiger partial charge in [0.25, 0.3) is 0 Å². The molecule has 0 saturated carbocycles. The lowest BCUT2D eigenvalue weighted by Crippen LogP contribution is -2.29. The van der Waals surface area contributed by atoms with E-state index in [9.17, 15) is 0 Å². The SMILES string of the molecule is CC1=CC2=C(C=CC=CC2c2ccc3cc(O[Si](C)(C)C)ccc3c2)C1[Si](C)C1C(C)=CC2=C1C=CC=CC2c1ccc2cc(O[Si](C)(C)C)ccc2c1. The molecule has 0 saturated heterocycles. The molecule has 8 rings (SSSR count). The van der Waals surface area contributed by atoms with E-state index in [1.807, 2.05) is 0 Å². The highest BCUT2D eigenvalue weighted by Gasteiger charge is 2.41. The summed E-state index contributed by atoms with van der Waals surface area (Å²) in [7, 11) is -4.30. The molecular weight excluding hydrogens is 705 g/mol. The Kier molecular flexibility index (Phi) is 9.48. The minimum absolute atomic E-state index is 0.222. The third kappa shape index (κ3) is 7.22. The van der Waals surface area contributed by atoms with Crippen LogP contribution in [0.5, 0.6) is 11.5 Å². The topological polar surface area (TPSA) is 18.5 Å². The van der Waals surface area contributed by atoms with Crippen molar-refractivity contribution in [3.63, 3.8) is 0 Å². The molecule has 4 aliphatic rings. The van der Waals surface area contributed by atoms with Gasteiger partial charge in [-0.05, 0) is 143 Å². The minimum Gasteiger partial charge on any atom is -0.544 e. The predicted molar refractivity (Wildman–Crippen MR) is 239 cm³/mol. The summed E-state index contributed by atoms with van der Waals surface area (Å²) < 4.78 is 12.6.